The highest BCUT2D eigenvalue weighted by Gasteiger charge is 2.05. The van der Waals surface area contributed by atoms with Gasteiger partial charge in [0.1, 0.15) is 5.75 Å². The molecule has 2 aromatic rings. The molecule has 1 N–H and O–H groups in total. The molecule has 1 atom stereocenters. The third-order valence-electron chi connectivity index (χ3n) is 3.20. The first-order chi connectivity index (χ1) is 9.24. The van der Waals surface area contributed by atoms with Crippen LogP contribution in [0.1, 0.15) is 25.5 Å². The van der Waals surface area contributed by atoms with E-state index < -0.39 is 0 Å². The molecule has 3 heteroatoms. The average Bonchev–Trinajstić information content (AvgIpc) is 2.48. The Labute approximate surface area is 114 Å². The summed E-state index contributed by atoms with van der Waals surface area (Å²) in [4.78, 5) is 4.18. The van der Waals surface area contributed by atoms with Crippen LogP contribution < -0.4 is 10.1 Å². The van der Waals surface area contributed by atoms with Crippen LogP contribution in [0.25, 0.3) is 11.1 Å². The van der Waals surface area contributed by atoms with Crippen LogP contribution in [0, 0.1) is 0 Å². The Kier molecular flexibility index (Phi) is 4.53. The lowest BCUT2D eigenvalue weighted by molar-refractivity contribution is 0.413. The van der Waals surface area contributed by atoms with E-state index in [0.717, 1.165) is 23.4 Å². The predicted molar refractivity (Wildman–Crippen MR) is 78.3 cm³/mol. The van der Waals surface area contributed by atoms with Crippen LogP contribution in [-0.4, -0.2) is 18.6 Å². The molecule has 1 heterocycles. The van der Waals surface area contributed by atoms with Gasteiger partial charge in [-0.3, -0.25) is 4.98 Å². The summed E-state index contributed by atoms with van der Waals surface area (Å²) in [5.74, 6) is 0.780. The summed E-state index contributed by atoms with van der Waals surface area (Å²) in [7, 11) is 1.65. The number of benzene rings is 1. The lowest BCUT2D eigenvalue weighted by atomic mass is 10.0. The molecule has 0 radical (unpaired) electrons. The predicted octanol–water partition coefficient (Wildman–Crippen LogP) is 3.43. The molecule has 1 aromatic carbocycles. The SMILES string of the molecule is CCNC(C)c1ccc(-c2cncc(OC)c2)cc1. The normalized spacial score (nSPS) is 12.2. The average molecular weight is 256 g/mol. The highest BCUT2D eigenvalue weighted by Crippen LogP contribution is 2.24. The number of aromatic nitrogens is 1. The van der Waals surface area contributed by atoms with Crippen LogP contribution >= 0.6 is 0 Å². The molecule has 1 aromatic heterocycles. The Hall–Kier alpha value is -1.87. The molecular weight excluding hydrogens is 236 g/mol. The minimum Gasteiger partial charge on any atom is -0.495 e. The van der Waals surface area contributed by atoms with E-state index >= 15 is 0 Å². The summed E-state index contributed by atoms with van der Waals surface area (Å²) in [5.41, 5.74) is 3.52. The molecule has 1 unspecified atom stereocenters. The highest BCUT2D eigenvalue weighted by atomic mass is 16.5. The lowest BCUT2D eigenvalue weighted by Crippen LogP contribution is -2.17. The molecule has 0 aliphatic rings. The topological polar surface area (TPSA) is 34.2 Å². The van der Waals surface area contributed by atoms with Crippen molar-refractivity contribution in [1.82, 2.24) is 10.3 Å². The maximum Gasteiger partial charge on any atom is 0.137 e. The van der Waals surface area contributed by atoms with Crippen molar-refractivity contribution in [3.05, 3.63) is 48.3 Å². The van der Waals surface area contributed by atoms with Gasteiger partial charge in [0.15, 0.2) is 0 Å². The molecule has 100 valence electrons. The van der Waals surface area contributed by atoms with Crippen LogP contribution in [0.3, 0.4) is 0 Å². The first-order valence-electron chi connectivity index (χ1n) is 6.57. The van der Waals surface area contributed by atoms with Crippen molar-refractivity contribution in [3.8, 4) is 16.9 Å². The summed E-state index contributed by atoms with van der Waals surface area (Å²) >= 11 is 0. The minimum atomic E-state index is 0.377. The van der Waals surface area contributed by atoms with Crippen molar-refractivity contribution in [1.29, 1.82) is 0 Å². The molecule has 0 aliphatic carbocycles. The third-order valence-corrected chi connectivity index (χ3v) is 3.20. The fourth-order valence-corrected chi connectivity index (χ4v) is 2.08. The number of nitrogens with one attached hydrogen (secondary N) is 1. The van der Waals surface area contributed by atoms with Crippen LogP contribution in [0.4, 0.5) is 0 Å². The molecule has 0 amide bonds. The second-order valence-corrected chi connectivity index (χ2v) is 4.51. The van der Waals surface area contributed by atoms with Gasteiger partial charge < -0.3 is 10.1 Å². The minimum absolute atomic E-state index is 0.377. The van der Waals surface area contributed by atoms with Gasteiger partial charge in [0.05, 0.1) is 13.3 Å². The quantitative estimate of drug-likeness (QED) is 0.890. The van der Waals surface area contributed by atoms with Gasteiger partial charge in [-0.05, 0) is 30.7 Å². The number of methoxy groups -OCH3 is 1. The summed E-state index contributed by atoms with van der Waals surface area (Å²) in [6.07, 6.45) is 3.57. The van der Waals surface area contributed by atoms with Gasteiger partial charge in [-0.25, -0.2) is 0 Å². The van der Waals surface area contributed by atoms with Gasteiger partial charge in [0, 0.05) is 17.8 Å². The second-order valence-electron chi connectivity index (χ2n) is 4.51. The standard InChI is InChI=1S/C16H20N2O/c1-4-18-12(2)13-5-7-14(8-6-13)15-9-16(19-3)11-17-10-15/h5-12,18H,4H2,1-3H3. The van der Waals surface area contributed by atoms with Crippen LogP contribution in [0.2, 0.25) is 0 Å². The van der Waals surface area contributed by atoms with Gasteiger partial charge in [0.2, 0.25) is 0 Å². The van der Waals surface area contributed by atoms with Crippen LogP contribution in [-0.2, 0) is 0 Å². The molecule has 0 spiro atoms. The Morgan fingerprint density at radius 1 is 1.16 bits per heavy atom. The maximum atomic E-state index is 5.20. The van der Waals surface area contributed by atoms with Crippen molar-refractivity contribution >= 4 is 0 Å². The van der Waals surface area contributed by atoms with E-state index in [2.05, 4.69) is 48.4 Å². The van der Waals surface area contributed by atoms with Gasteiger partial charge in [0.25, 0.3) is 0 Å². The fourth-order valence-electron chi connectivity index (χ4n) is 2.08. The number of nitrogens with zero attached hydrogens (tertiary/aromatic N) is 1. The molecule has 19 heavy (non-hydrogen) atoms. The lowest BCUT2D eigenvalue weighted by Gasteiger charge is -2.13. The van der Waals surface area contributed by atoms with E-state index in [1.807, 2.05) is 12.3 Å². The number of pyridine rings is 1. The Balaban J connectivity index is 2.22. The van der Waals surface area contributed by atoms with Crippen LogP contribution in [0.15, 0.2) is 42.7 Å². The molecule has 0 aliphatic heterocycles. The Morgan fingerprint density at radius 3 is 2.53 bits per heavy atom. The van der Waals surface area contributed by atoms with Crippen molar-refractivity contribution in [3.63, 3.8) is 0 Å². The van der Waals surface area contributed by atoms with E-state index in [0.29, 0.717) is 6.04 Å². The zero-order valence-electron chi connectivity index (χ0n) is 11.7. The Bertz CT molecular complexity index is 523. The number of hydrogen-bond acceptors (Lipinski definition) is 3. The van der Waals surface area contributed by atoms with Crippen molar-refractivity contribution in [2.75, 3.05) is 13.7 Å². The number of ether oxygens (including phenoxy) is 1. The van der Waals surface area contributed by atoms with E-state index in [-0.39, 0.29) is 0 Å². The van der Waals surface area contributed by atoms with E-state index in [1.165, 1.54) is 5.56 Å². The molecule has 0 saturated carbocycles. The van der Waals surface area contributed by atoms with E-state index in [1.54, 1.807) is 13.3 Å². The summed E-state index contributed by atoms with van der Waals surface area (Å²) in [5, 5.41) is 3.41. The van der Waals surface area contributed by atoms with E-state index in [4.69, 9.17) is 4.74 Å². The van der Waals surface area contributed by atoms with Crippen LogP contribution in [0.5, 0.6) is 5.75 Å². The summed E-state index contributed by atoms with van der Waals surface area (Å²) < 4.78 is 5.20. The third kappa shape index (κ3) is 3.32. The fraction of sp³-hybridized carbons (Fsp3) is 0.312. The van der Waals surface area contributed by atoms with Gasteiger partial charge in [-0.15, -0.1) is 0 Å². The molecule has 0 bridgehead atoms. The zero-order valence-corrected chi connectivity index (χ0v) is 11.7. The second kappa shape index (κ2) is 6.34. The molecular formula is C16H20N2O. The Morgan fingerprint density at radius 2 is 1.89 bits per heavy atom. The van der Waals surface area contributed by atoms with Crippen molar-refractivity contribution in [2.45, 2.75) is 19.9 Å². The highest BCUT2D eigenvalue weighted by molar-refractivity contribution is 5.64. The largest absolute Gasteiger partial charge is 0.495 e. The monoisotopic (exact) mass is 256 g/mol. The van der Waals surface area contributed by atoms with Gasteiger partial charge in [-0.1, -0.05) is 31.2 Å². The maximum absolute atomic E-state index is 5.20. The molecule has 2 rings (SSSR count). The smallest absolute Gasteiger partial charge is 0.137 e. The summed E-state index contributed by atoms with van der Waals surface area (Å²) in [6, 6.07) is 10.9. The van der Waals surface area contributed by atoms with Crippen molar-refractivity contribution < 1.29 is 4.74 Å². The summed E-state index contributed by atoms with van der Waals surface area (Å²) in [6.45, 7) is 5.26. The molecule has 3 nitrogen and oxygen atoms in total. The van der Waals surface area contributed by atoms with Crippen molar-refractivity contribution in [2.24, 2.45) is 0 Å². The van der Waals surface area contributed by atoms with Gasteiger partial charge in [-0.2, -0.15) is 0 Å². The number of rotatable bonds is 5. The molecule has 0 saturated heterocycles. The molecule has 0 fully saturated rings. The first-order valence-corrected chi connectivity index (χ1v) is 6.57. The zero-order chi connectivity index (χ0) is 13.7. The number of hydrogen-bond donors (Lipinski definition) is 1. The van der Waals surface area contributed by atoms with Gasteiger partial charge >= 0.3 is 0 Å². The first kappa shape index (κ1) is 13.6. The van der Waals surface area contributed by atoms with E-state index in [9.17, 15) is 0 Å².